The van der Waals surface area contributed by atoms with Crippen LogP contribution in [-0.2, 0) is 11.2 Å². The summed E-state index contributed by atoms with van der Waals surface area (Å²) >= 11 is 0. The molecule has 0 aliphatic carbocycles. The number of ether oxygens (including phenoxy) is 2. The first kappa shape index (κ1) is 18.1. The van der Waals surface area contributed by atoms with Gasteiger partial charge in [-0.1, -0.05) is 31.2 Å². The second kappa shape index (κ2) is 9.14. The van der Waals surface area contributed by atoms with Crippen molar-refractivity contribution in [3.63, 3.8) is 0 Å². The number of carbonyl (C=O) groups is 1. The number of aryl methyl sites for hydroxylation is 1. The Labute approximate surface area is 147 Å². The minimum atomic E-state index is -0.204. The van der Waals surface area contributed by atoms with Crippen LogP contribution in [0.4, 0.5) is 5.69 Å². The Kier molecular flexibility index (Phi) is 6.61. The highest BCUT2D eigenvalue weighted by molar-refractivity contribution is 6.02. The normalized spacial score (nSPS) is 10.3. The van der Waals surface area contributed by atoms with Gasteiger partial charge in [0.05, 0.1) is 7.11 Å². The van der Waals surface area contributed by atoms with Crippen LogP contribution >= 0.6 is 0 Å². The number of rotatable bonds is 7. The molecule has 0 atom stereocenters. The number of hydrogen-bond acceptors (Lipinski definition) is 4. The maximum Gasteiger partial charge on any atom is 0.248 e. The average molecular weight is 336 g/mol. The van der Waals surface area contributed by atoms with Crippen LogP contribution in [0, 0.1) is 11.3 Å². The molecule has 0 aliphatic heterocycles. The SMILES string of the molecule is CCc1ccccc1NC(=O)C=Cc1ccc(OCC#N)c(OC)c1. The molecule has 0 aromatic heterocycles. The molecule has 0 bridgehead atoms. The molecule has 0 saturated heterocycles. The third kappa shape index (κ3) is 5.11. The molecule has 5 nitrogen and oxygen atoms in total. The van der Waals surface area contributed by atoms with E-state index in [2.05, 4.69) is 5.32 Å². The predicted octanol–water partition coefficient (Wildman–Crippen LogP) is 3.81. The van der Waals surface area contributed by atoms with E-state index < -0.39 is 0 Å². The first-order chi connectivity index (χ1) is 12.2. The van der Waals surface area contributed by atoms with E-state index >= 15 is 0 Å². The van der Waals surface area contributed by atoms with Crippen LogP contribution in [0.2, 0.25) is 0 Å². The van der Waals surface area contributed by atoms with Gasteiger partial charge in [-0.3, -0.25) is 4.79 Å². The molecule has 0 aliphatic rings. The molecule has 2 rings (SSSR count). The number of amides is 1. The Balaban J connectivity index is 2.08. The number of para-hydroxylation sites is 1. The van der Waals surface area contributed by atoms with Crippen molar-refractivity contribution in [3.05, 3.63) is 59.7 Å². The molecular weight excluding hydrogens is 316 g/mol. The van der Waals surface area contributed by atoms with Crippen LogP contribution in [-0.4, -0.2) is 19.6 Å². The van der Waals surface area contributed by atoms with Crippen molar-refractivity contribution in [2.45, 2.75) is 13.3 Å². The van der Waals surface area contributed by atoms with Gasteiger partial charge in [0, 0.05) is 11.8 Å². The molecule has 2 aromatic carbocycles. The summed E-state index contributed by atoms with van der Waals surface area (Å²) < 4.78 is 10.5. The van der Waals surface area contributed by atoms with Gasteiger partial charge in [-0.15, -0.1) is 0 Å². The molecular formula is C20H20N2O3. The predicted molar refractivity (Wildman–Crippen MR) is 97.6 cm³/mol. The van der Waals surface area contributed by atoms with E-state index in [0.29, 0.717) is 11.5 Å². The van der Waals surface area contributed by atoms with Gasteiger partial charge < -0.3 is 14.8 Å². The first-order valence-corrected chi connectivity index (χ1v) is 7.92. The third-order valence-electron chi connectivity index (χ3n) is 3.56. The Morgan fingerprint density at radius 1 is 1.24 bits per heavy atom. The maximum atomic E-state index is 12.1. The highest BCUT2D eigenvalue weighted by Gasteiger charge is 2.06. The lowest BCUT2D eigenvalue weighted by Crippen LogP contribution is -2.09. The quantitative estimate of drug-likeness (QED) is 0.780. The molecule has 25 heavy (non-hydrogen) atoms. The van der Waals surface area contributed by atoms with Crippen molar-refractivity contribution in [2.75, 3.05) is 19.0 Å². The number of nitrogens with zero attached hydrogens (tertiary/aromatic N) is 1. The minimum Gasteiger partial charge on any atom is -0.493 e. The summed E-state index contributed by atoms with van der Waals surface area (Å²) in [6.07, 6.45) is 4.01. The van der Waals surface area contributed by atoms with Gasteiger partial charge in [0.2, 0.25) is 5.91 Å². The van der Waals surface area contributed by atoms with Crippen LogP contribution in [0.3, 0.4) is 0 Å². The number of nitriles is 1. The molecule has 128 valence electrons. The van der Waals surface area contributed by atoms with Gasteiger partial charge in [-0.05, 0) is 41.8 Å². The standard InChI is InChI=1S/C20H20N2O3/c1-3-16-6-4-5-7-17(16)22-20(23)11-9-15-8-10-18(25-13-12-21)19(14-15)24-2/h4-11,14H,3,13H2,1-2H3,(H,22,23). The Hall–Kier alpha value is -3.26. The summed E-state index contributed by atoms with van der Waals surface area (Å²) in [7, 11) is 1.52. The number of nitrogens with one attached hydrogen (secondary N) is 1. The summed E-state index contributed by atoms with van der Waals surface area (Å²) in [6.45, 7) is 1.99. The van der Waals surface area contributed by atoms with Gasteiger partial charge >= 0.3 is 0 Å². The van der Waals surface area contributed by atoms with Gasteiger partial charge in [0.15, 0.2) is 18.1 Å². The van der Waals surface area contributed by atoms with E-state index in [1.54, 1.807) is 24.3 Å². The lowest BCUT2D eigenvalue weighted by Gasteiger charge is -2.09. The molecule has 2 aromatic rings. The first-order valence-electron chi connectivity index (χ1n) is 7.92. The largest absolute Gasteiger partial charge is 0.493 e. The third-order valence-corrected chi connectivity index (χ3v) is 3.56. The highest BCUT2D eigenvalue weighted by Crippen LogP contribution is 2.28. The topological polar surface area (TPSA) is 71.3 Å². The Morgan fingerprint density at radius 3 is 2.76 bits per heavy atom. The number of anilines is 1. The fourth-order valence-corrected chi connectivity index (χ4v) is 2.31. The van der Waals surface area contributed by atoms with Crippen LogP contribution in [0.5, 0.6) is 11.5 Å². The zero-order chi connectivity index (χ0) is 18.1. The molecule has 1 N–H and O–H groups in total. The van der Waals surface area contributed by atoms with E-state index in [4.69, 9.17) is 14.7 Å². The Bertz CT molecular complexity index is 807. The van der Waals surface area contributed by atoms with Crippen LogP contribution in [0.25, 0.3) is 6.08 Å². The number of hydrogen-bond donors (Lipinski definition) is 1. The minimum absolute atomic E-state index is 0.0508. The van der Waals surface area contributed by atoms with Crippen LogP contribution < -0.4 is 14.8 Å². The van der Waals surface area contributed by atoms with Crippen molar-refractivity contribution >= 4 is 17.7 Å². The summed E-state index contributed by atoms with van der Waals surface area (Å²) in [4.78, 5) is 12.1. The monoisotopic (exact) mass is 336 g/mol. The van der Waals surface area contributed by atoms with E-state index in [9.17, 15) is 4.79 Å². The second-order valence-corrected chi connectivity index (χ2v) is 5.19. The lowest BCUT2D eigenvalue weighted by atomic mass is 10.1. The molecule has 5 heteroatoms. The average Bonchev–Trinajstić information content (AvgIpc) is 2.65. The molecule has 1 amide bonds. The fraction of sp³-hybridized carbons (Fsp3) is 0.200. The fourth-order valence-electron chi connectivity index (χ4n) is 2.31. The smallest absolute Gasteiger partial charge is 0.248 e. The second-order valence-electron chi connectivity index (χ2n) is 5.19. The number of carbonyl (C=O) groups excluding carboxylic acids is 1. The molecule has 0 saturated carbocycles. The van der Waals surface area contributed by atoms with Crippen LogP contribution in [0.15, 0.2) is 48.5 Å². The zero-order valence-electron chi connectivity index (χ0n) is 14.3. The van der Waals surface area contributed by atoms with Crippen molar-refractivity contribution in [3.8, 4) is 17.6 Å². The highest BCUT2D eigenvalue weighted by atomic mass is 16.5. The number of methoxy groups -OCH3 is 1. The van der Waals surface area contributed by atoms with Gasteiger partial charge in [-0.2, -0.15) is 5.26 Å². The van der Waals surface area contributed by atoms with Crippen molar-refractivity contribution in [1.82, 2.24) is 0 Å². The summed E-state index contributed by atoms with van der Waals surface area (Å²) in [5.41, 5.74) is 2.70. The molecule has 0 heterocycles. The zero-order valence-corrected chi connectivity index (χ0v) is 14.3. The van der Waals surface area contributed by atoms with Gasteiger partial charge in [0.25, 0.3) is 0 Å². The summed E-state index contributed by atoms with van der Waals surface area (Å²) in [5.74, 6) is 0.793. The molecule has 0 radical (unpaired) electrons. The summed E-state index contributed by atoms with van der Waals surface area (Å²) in [5, 5.41) is 11.5. The van der Waals surface area contributed by atoms with Crippen molar-refractivity contribution in [2.24, 2.45) is 0 Å². The molecule has 0 spiro atoms. The van der Waals surface area contributed by atoms with Crippen molar-refractivity contribution < 1.29 is 14.3 Å². The lowest BCUT2D eigenvalue weighted by molar-refractivity contribution is -0.111. The van der Waals surface area contributed by atoms with Crippen molar-refractivity contribution in [1.29, 1.82) is 5.26 Å². The molecule has 0 fully saturated rings. The maximum absolute atomic E-state index is 12.1. The number of benzene rings is 2. The van der Waals surface area contributed by atoms with E-state index in [1.807, 2.05) is 37.3 Å². The van der Waals surface area contributed by atoms with E-state index in [-0.39, 0.29) is 12.5 Å². The van der Waals surface area contributed by atoms with E-state index in [0.717, 1.165) is 23.2 Å². The van der Waals surface area contributed by atoms with Gasteiger partial charge in [-0.25, -0.2) is 0 Å². The van der Waals surface area contributed by atoms with Crippen LogP contribution in [0.1, 0.15) is 18.1 Å². The molecule has 0 unspecified atom stereocenters. The Morgan fingerprint density at radius 2 is 2.04 bits per heavy atom. The summed E-state index contributed by atoms with van der Waals surface area (Å²) in [6, 6.07) is 14.9. The van der Waals surface area contributed by atoms with Gasteiger partial charge in [0.1, 0.15) is 6.07 Å². The van der Waals surface area contributed by atoms with E-state index in [1.165, 1.54) is 13.2 Å².